The van der Waals surface area contributed by atoms with Crippen LogP contribution in [0.1, 0.15) is 11.1 Å². The van der Waals surface area contributed by atoms with E-state index in [4.69, 9.17) is 14.6 Å². The fraction of sp³-hybridized carbons (Fsp3) is 0.235. The van der Waals surface area contributed by atoms with Crippen LogP contribution < -0.4 is 10.1 Å². The number of alkyl carbamates (subject to hydrolysis) is 1. The van der Waals surface area contributed by atoms with Gasteiger partial charge in [0.2, 0.25) is 0 Å². The molecule has 0 atom stereocenters. The molecule has 0 aliphatic carbocycles. The normalized spacial score (nSPS) is 10.0. The molecule has 0 radical (unpaired) electrons. The lowest BCUT2D eigenvalue weighted by Crippen LogP contribution is -2.28. The van der Waals surface area contributed by atoms with Gasteiger partial charge in [-0.2, -0.15) is 0 Å². The number of benzene rings is 2. The molecule has 0 saturated carbocycles. The number of nitrogens with one attached hydrogen (secondary N) is 1. The van der Waals surface area contributed by atoms with Crippen molar-refractivity contribution in [2.45, 2.75) is 13.2 Å². The number of carbonyl (C=O) groups excluding carboxylic acids is 1. The molecule has 22 heavy (non-hydrogen) atoms. The molecule has 2 aromatic rings. The van der Waals surface area contributed by atoms with Crippen LogP contribution in [0.2, 0.25) is 0 Å². The number of hydrogen-bond donors (Lipinski definition) is 2. The fourth-order valence-corrected chi connectivity index (χ4v) is 1.79. The van der Waals surface area contributed by atoms with E-state index in [-0.39, 0.29) is 13.2 Å². The molecule has 0 spiro atoms. The summed E-state index contributed by atoms with van der Waals surface area (Å²) in [6.07, 6.45) is -0.469. The maximum Gasteiger partial charge on any atom is 0.407 e. The van der Waals surface area contributed by atoms with Gasteiger partial charge in [0.25, 0.3) is 0 Å². The van der Waals surface area contributed by atoms with Gasteiger partial charge < -0.3 is 19.9 Å². The Bertz CT molecular complexity index is 569. The number of ether oxygens (including phenoxy) is 2. The van der Waals surface area contributed by atoms with Gasteiger partial charge in [-0.1, -0.05) is 42.5 Å². The zero-order chi connectivity index (χ0) is 15.6. The van der Waals surface area contributed by atoms with E-state index < -0.39 is 6.09 Å². The predicted molar refractivity (Wildman–Crippen MR) is 82.5 cm³/mol. The first-order valence-electron chi connectivity index (χ1n) is 7.05. The Hall–Kier alpha value is -2.53. The summed E-state index contributed by atoms with van der Waals surface area (Å²) in [7, 11) is 0. The molecule has 1 amide bonds. The van der Waals surface area contributed by atoms with Gasteiger partial charge in [-0.05, 0) is 23.3 Å². The molecule has 0 fully saturated rings. The highest BCUT2D eigenvalue weighted by Gasteiger charge is 2.02. The standard InChI is InChI=1S/C17H19NO4/c19-12-14-6-8-16(9-7-14)21-11-10-18-17(20)22-13-15-4-2-1-3-5-15/h1-9,19H,10-13H2,(H,18,20). The number of aliphatic hydroxyl groups excluding tert-OH is 1. The third-order valence-corrected chi connectivity index (χ3v) is 2.96. The molecule has 0 aromatic heterocycles. The summed E-state index contributed by atoms with van der Waals surface area (Å²) in [6.45, 7) is 0.958. The summed E-state index contributed by atoms with van der Waals surface area (Å²) in [6, 6.07) is 16.6. The van der Waals surface area contributed by atoms with Gasteiger partial charge in [-0.25, -0.2) is 4.79 Å². The predicted octanol–water partition coefficient (Wildman–Crippen LogP) is 2.48. The minimum absolute atomic E-state index is 0.00902. The third kappa shape index (κ3) is 5.46. The maximum absolute atomic E-state index is 11.5. The lowest BCUT2D eigenvalue weighted by molar-refractivity contribution is 0.137. The largest absolute Gasteiger partial charge is 0.492 e. The zero-order valence-electron chi connectivity index (χ0n) is 12.2. The number of hydrogen-bond acceptors (Lipinski definition) is 4. The second-order valence-corrected chi connectivity index (χ2v) is 4.64. The van der Waals surface area contributed by atoms with Crippen LogP contribution in [-0.2, 0) is 18.0 Å². The van der Waals surface area contributed by atoms with Crippen LogP contribution in [0.4, 0.5) is 4.79 Å². The SMILES string of the molecule is O=C(NCCOc1ccc(CO)cc1)OCc1ccccc1. The van der Waals surface area contributed by atoms with E-state index in [1.807, 2.05) is 30.3 Å². The number of rotatable bonds is 7. The Balaban J connectivity index is 1.60. The number of carbonyl (C=O) groups is 1. The Kier molecular flexibility index (Phi) is 6.26. The second kappa shape index (κ2) is 8.69. The smallest absolute Gasteiger partial charge is 0.407 e. The van der Waals surface area contributed by atoms with Crippen LogP contribution in [0.15, 0.2) is 54.6 Å². The third-order valence-electron chi connectivity index (χ3n) is 2.96. The molecule has 2 aromatic carbocycles. The molecule has 0 saturated heterocycles. The highest BCUT2D eigenvalue weighted by atomic mass is 16.5. The topological polar surface area (TPSA) is 67.8 Å². The van der Waals surface area contributed by atoms with Crippen molar-refractivity contribution in [2.24, 2.45) is 0 Å². The number of aliphatic hydroxyl groups is 1. The van der Waals surface area contributed by atoms with Gasteiger partial charge in [0, 0.05) is 0 Å². The van der Waals surface area contributed by atoms with Crippen LogP contribution in [-0.4, -0.2) is 24.4 Å². The molecule has 0 aliphatic rings. The molecule has 2 N–H and O–H groups in total. The van der Waals surface area contributed by atoms with Crippen molar-refractivity contribution in [2.75, 3.05) is 13.2 Å². The van der Waals surface area contributed by atoms with Crippen molar-refractivity contribution in [1.29, 1.82) is 0 Å². The highest BCUT2D eigenvalue weighted by molar-refractivity contribution is 5.67. The molecule has 5 heteroatoms. The molecule has 0 aliphatic heterocycles. The summed E-state index contributed by atoms with van der Waals surface area (Å²) in [4.78, 5) is 11.5. The van der Waals surface area contributed by atoms with E-state index >= 15 is 0 Å². The summed E-state index contributed by atoms with van der Waals surface area (Å²) < 4.78 is 10.5. The molecular formula is C17H19NO4. The Morgan fingerprint density at radius 2 is 1.73 bits per heavy atom. The van der Waals surface area contributed by atoms with Crippen LogP contribution in [0, 0.1) is 0 Å². The zero-order valence-corrected chi connectivity index (χ0v) is 12.2. The first-order chi connectivity index (χ1) is 10.8. The first kappa shape index (κ1) is 15.9. The Morgan fingerprint density at radius 1 is 1.00 bits per heavy atom. The summed E-state index contributed by atoms with van der Waals surface area (Å²) in [5.74, 6) is 0.691. The van der Waals surface area contributed by atoms with Gasteiger partial charge in [-0.3, -0.25) is 0 Å². The average Bonchev–Trinajstić information content (AvgIpc) is 2.58. The van der Waals surface area contributed by atoms with Crippen molar-refractivity contribution < 1.29 is 19.4 Å². The molecular weight excluding hydrogens is 282 g/mol. The summed E-state index contributed by atoms with van der Waals surface area (Å²) in [5, 5.41) is 11.6. The van der Waals surface area contributed by atoms with Crippen LogP contribution in [0.25, 0.3) is 0 Å². The molecule has 116 valence electrons. The van der Waals surface area contributed by atoms with Gasteiger partial charge in [0.1, 0.15) is 19.0 Å². The van der Waals surface area contributed by atoms with Gasteiger partial charge in [0.15, 0.2) is 0 Å². The van der Waals surface area contributed by atoms with Crippen molar-refractivity contribution in [1.82, 2.24) is 5.32 Å². The molecule has 0 bridgehead atoms. The van der Waals surface area contributed by atoms with Crippen molar-refractivity contribution in [3.05, 3.63) is 65.7 Å². The minimum Gasteiger partial charge on any atom is -0.492 e. The van der Waals surface area contributed by atoms with Crippen LogP contribution >= 0.6 is 0 Å². The summed E-state index contributed by atoms with van der Waals surface area (Å²) in [5.41, 5.74) is 1.77. The average molecular weight is 301 g/mol. The Labute approximate surface area is 129 Å². The lowest BCUT2D eigenvalue weighted by Gasteiger charge is -2.09. The van der Waals surface area contributed by atoms with E-state index in [2.05, 4.69) is 5.32 Å². The van der Waals surface area contributed by atoms with E-state index in [0.29, 0.717) is 18.9 Å². The van der Waals surface area contributed by atoms with Crippen molar-refractivity contribution in [3.63, 3.8) is 0 Å². The molecule has 0 heterocycles. The maximum atomic E-state index is 11.5. The van der Waals surface area contributed by atoms with Crippen molar-refractivity contribution in [3.8, 4) is 5.75 Å². The van der Waals surface area contributed by atoms with E-state index in [1.54, 1.807) is 24.3 Å². The van der Waals surface area contributed by atoms with E-state index in [9.17, 15) is 4.79 Å². The summed E-state index contributed by atoms with van der Waals surface area (Å²) >= 11 is 0. The quantitative estimate of drug-likeness (QED) is 0.771. The highest BCUT2D eigenvalue weighted by Crippen LogP contribution is 2.11. The first-order valence-corrected chi connectivity index (χ1v) is 7.05. The number of amides is 1. The van der Waals surface area contributed by atoms with Crippen LogP contribution in [0.5, 0.6) is 5.75 Å². The van der Waals surface area contributed by atoms with E-state index in [0.717, 1.165) is 11.1 Å². The van der Waals surface area contributed by atoms with Gasteiger partial charge in [0.05, 0.1) is 13.2 Å². The molecule has 5 nitrogen and oxygen atoms in total. The monoisotopic (exact) mass is 301 g/mol. The fourth-order valence-electron chi connectivity index (χ4n) is 1.79. The van der Waals surface area contributed by atoms with Crippen molar-refractivity contribution >= 4 is 6.09 Å². The van der Waals surface area contributed by atoms with Gasteiger partial charge >= 0.3 is 6.09 Å². The lowest BCUT2D eigenvalue weighted by atomic mass is 10.2. The Morgan fingerprint density at radius 3 is 2.41 bits per heavy atom. The van der Waals surface area contributed by atoms with E-state index in [1.165, 1.54) is 0 Å². The van der Waals surface area contributed by atoms with Crippen LogP contribution in [0.3, 0.4) is 0 Å². The van der Waals surface area contributed by atoms with Gasteiger partial charge in [-0.15, -0.1) is 0 Å². The molecule has 0 unspecified atom stereocenters. The second-order valence-electron chi connectivity index (χ2n) is 4.64. The molecule has 2 rings (SSSR count). The minimum atomic E-state index is -0.469.